The van der Waals surface area contributed by atoms with Crippen LogP contribution in [0.3, 0.4) is 0 Å². The Morgan fingerprint density at radius 2 is 1.68 bits per heavy atom. The van der Waals surface area contributed by atoms with E-state index in [0.717, 1.165) is 25.7 Å². The molecule has 4 nitrogen and oxygen atoms in total. The van der Waals surface area contributed by atoms with Crippen molar-refractivity contribution < 1.29 is 14.4 Å². The van der Waals surface area contributed by atoms with Crippen molar-refractivity contribution in [2.45, 2.75) is 90.5 Å². The number of piperidine rings is 1. The summed E-state index contributed by atoms with van der Waals surface area (Å²) in [5.41, 5.74) is 0.819. The van der Waals surface area contributed by atoms with Crippen LogP contribution in [0.5, 0.6) is 0 Å². The van der Waals surface area contributed by atoms with E-state index in [-0.39, 0.29) is 29.3 Å². The number of hydrogen-bond donors (Lipinski definition) is 0. The van der Waals surface area contributed by atoms with E-state index in [1.54, 1.807) is 0 Å². The summed E-state index contributed by atoms with van der Waals surface area (Å²) in [5, 5.41) is 2.21. The van der Waals surface area contributed by atoms with Gasteiger partial charge in [0.1, 0.15) is 12.2 Å². The van der Waals surface area contributed by atoms with Crippen molar-refractivity contribution in [3.63, 3.8) is 0 Å². The average Bonchev–Trinajstić information content (AvgIpc) is 2.58. The van der Waals surface area contributed by atoms with Gasteiger partial charge in [-0.1, -0.05) is 44.2 Å². The number of benzene rings is 1. The Morgan fingerprint density at radius 1 is 1.16 bits per heavy atom. The molecule has 140 valence electrons. The van der Waals surface area contributed by atoms with E-state index in [1.165, 1.54) is 12.5 Å². The van der Waals surface area contributed by atoms with Gasteiger partial charge in [0.05, 0.1) is 0 Å². The molecule has 1 aliphatic heterocycles. The largest absolute Gasteiger partial charge is 0.462 e. The first-order chi connectivity index (χ1) is 11.7. The van der Waals surface area contributed by atoms with Gasteiger partial charge in [0.15, 0.2) is 0 Å². The van der Waals surface area contributed by atoms with E-state index in [9.17, 15) is 4.79 Å². The lowest BCUT2D eigenvalue weighted by Crippen LogP contribution is -2.64. The molecule has 1 heterocycles. The monoisotopic (exact) mass is 347 g/mol. The maximum absolute atomic E-state index is 11.5. The standard InChI is InChI=1S/C21H33NO3/c1-7-20(5)14-19(24-17(4)23)15-21(6,8-2)22(20)25-16(3)18-12-10-9-11-13-18/h9-13,16,19H,7-8,14-15H2,1-6H3. The third kappa shape index (κ3) is 4.42. The lowest BCUT2D eigenvalue weighted by molar-refractivity contribution is -0.323. The van der Waals surface area contributed by atoms with Gasteiger partial charge in [-0.15, -0.1) is 0 Å². The highest BCUT2D eigenvalue weighted by atomic mass is 16.7. The van der Waals surface area contributed by atoms with Gasteiger partial charge < -0.3 is 4.74 Å². The maximum atomic E-state index is 11.5. The van der Waals surface area contributed by atoms with Crippen LogP contribution in [0.2, 0.25) is 0 Å². The van der Waals surface area contributed by atoms with Gasteiger partial charge in [-0.3, -0.25) is 9.63 Å². The molecule has 1 aliphatic rings. The lowest BCUT2D eigenvalue weighted by atomic mass is 9.76. The van der Waals surface area contributed by atoms with Crippen molar-refractivity contribution >= 4 is 5.97 Å². The highest BCUT2D eigenvalue weighted by Crippen LogP contribution is 2.45. The van der Waals surface area contributed by atoms with Crippen molar-refractivity contribution in [2.24, 2.45) is 0 Å². The highest BCUT2D eigenvalue weighted by molar-refractivity contribution is 5.66. The second kappa shape index (κ2) is 7.88. The van der Waals surface area contributed by atoms with Crippen LogP contribution in [0.1, 0.15) is 78.9 Å². The molecule has 1 aromatic rings. The first-order valence-electron chi connectivity index (χ1n) is 9.43. The van der Waals surface area contributed by atoms with Gasteiger partial charge in [-0.2, -0.15) is 5.06 Å². The predicted octanol–water partition coefficient (Wildman–Crippen LogP) is 5.04. The molecular weight excluding hydrogens is 314 g/mol. The smallest absolute Gasteiger partial charge is 0.302 e. The number of hydroxylamine groups is 2. The molecule has 0 bridgehead atoms. The van der Waals surface area contributed by atoms with Crippen LogP contribution >= 0.6 is 0 Å². The van der Waals surface area contributed by atoms with Crippen LogP contribution in [0, 0.1) is 0 Å². The third-order valence-corrected chi connectivity index (χ3v) is 5.70. The predicted molar refractivity (Wildman–Crippen MR) is 100.0 cm³/mol. The van der Waals surface area contributed by atoms with Gasteiger partial charge in [-0.25, -0.2) is 0 Å². The zero-order valence-electron chi connectivity index (χ0n) is 16.5. The molecular formula is C21H33NO3. The summed E-state index contributed by atoms with van der Waals surface area (Å²) in [7, 11) is 0. The zero-order chi connectivity index (χ0) is 18.7. The van der Waals surface area contributed by atoms with Crippen molar-refractivity contribution in [1.82, 2.24) is 5.06 Å². The number of nitrogens with zero attached hydrogens (tertiary/aromatic N) is 1. The van der Waals surface area contributed by atoms with Crippen molar-refractivity contribution in [3.05, 3.63) is 35.9 Å². The van der Waals surface area contributed by atoms with E-state index < -0.39 is 0 Å². The Kier molecular flexibility index (Phi) is 6.28. The van der Waals surface area contributed by atoms with Crippen molar-refractivity contribution in [3.8, 4) is 0 Å². The van der Waals surface area contributed by atoms with Crippen LogP contribution in [0.15, 0.2) is 30.3 Å². The summed E-state index contributed by atoms with van der Waals surface area (Å²) in [5.74, 6) is -0.200. The van der Waals surface area contributed by atoms with E-state index in [4.69, 9.17) is 9.57 Å². The van der Waals surface area contributed by atoms with Gasteiger partial charge in [-0.05, 0) is 39.2 Å². The number of carbonyl (C=O) groups excluding carboxylic acids is 1. The van der Waals surface area contributed by atoms with Crippen LogP contribution < -0.4 is 0 Å². The van der Waals surface area contributed by atoms with E-state index >= 15 is 0 Å². The maximum Gasteiger partial charge on any atom is 0.302 e. The Labute approximate surface area is 152 Å². The minimum Gasteiger partial charge on any atom is -0.462 e. The number of ether oxygens (including phenoxy) is 1. The topological polar surface area (TPSA) is 38.8 Å². The molecule has 4 heteroatoms. The van der Waals surface area contributed by atoms with Crippen molar-refractivity contribution in [2.75, 3.05) is 0 Å². The summed E-state index contributed by atoms with van der Waals surface area (Å²) < 4.78 is 5.60. The molecule has 1 aromatic carbocycles. The van der Waals surface area contributed by atoms with E-state index in [1.807, 2.05) is 18.2 Å². The Morgan fingerprint density at radius 3 is 2.12 bits per heavy atom. The molecule has 0 N–H and O–H groups in total. The van der Waals surface area contributed by atoms with Gasteiger partial charge in [0.2, 0.25) is 0 Å². The molecule has 1 fully saturated rings. The van der Waals surface area contributed by atoms with Crippen LogP contribution in [0.25, 0.3) is 0 Å². The number of hydrogen-bond acceptors (Lipinski definition) is 4. The van der Waals surface area contributed by atoms with E-state index in [2.05, 4.69) is 51.8 Å². The number of carbonyl (C=O) groups is 1. The minimum atomic E-state index is -0.200. The van der Waals surface area contributed by atoms with Gasteiger partial charge in [0.25, 0.3) is 0 Å². The number of esters is 1. The second-order valence-electron chi connectivity index (χ2n) is 7.79. The summed E-state index contributed by atoms with van der Waals surface area (Å²) >= 11 is 0. The van der Waals surface area contributed by atoms with E-state index in [0.29, 0.717) is 0 Å². The Balaban J connectivity index is 2.28. The molecule has 2 rings (SSSR count). The molecule has 0 radical (unpaired) electrons. The first-order valence-corrected chi connectivity index (χ1v) is 9.43. The molecule has 0 amide bonds. The molecule has 0 saturated carbocycles. The summed E-state index contributed by atoms with van der Waals surface area (Å²) in [6.45, 7) is 12.4. The zero-order valence-corrected chi connectivity index (χ0v) is 16.5. The minimum absolute atomic E-state index is 0.0248. The molecule has 3 unspecified atom stereocenters. The van der Waals surface area contributed by atoms with Crippen LogP contribution in [-0.4, -0.2) is 28.2 Å². The van der Waals surface area contributed by atoms with Crippen LogP contribution in [-0.2, 0) is 14.4 Å². The Hall–Kier alpha value is -1.39. The van der Waals surface area contributed by atoms with Gasteiger partial charge >= 0.3 is 5.97 Å². The second-order valence-corrected chi connectivity index (χ2v) is 7.79. The normalized spacial score (nSPS) is 31.5. The molecule has 0 aromatic heterocycles. The number of rotatable bonds is 6. The molecule has 25 heavy (non-hydrogen) atoms. The summed E-state index contributed by atoms with van der Waals surface area (Å²) in [4.78, 5) is 18.0. The third-order valence-electron chi connectivity index (χ3n) is 5.70. The van der Waals surface area contributed by atoms with Crippen molar-refractivity contribution in [1.29, 1.82) is 0 Å². The quantitative estimate of drug-likeness (QED) is 0.676. The lowest BCUT2D eigenvalue weighted by Gasteiger charge is -2.56. The fraction of sp³-hybridized carbons (Fsp3) is 0.667. The van der Waals surface area contributed by atoms with Gasteiger partial charge in [0, 0.05) is 30.8 Å². The average molecular weight is 347 g/mol. The fourth-order valence-electron chi connectivity index (χ4n) is 3.96. The molecule has 0 spiro atoms. The fourth-order valence-corrected chi connectivity index (χ4v) is 3.96. The molecule has 0 aliphatic carbocycles. The molecule has 1 saturated heterocycles. The summed E-state index contributed by atoms with van der Waals surface area (Å²) in [6.07, 6.45) is 3.37. The highest BCUT2D eigenvalue weighted by Gasteiger charge is 2.51. The Bertz CT molecular complexity index is 556. The molecule has 3 atom stereocenters. The summed E-state index contributed by atoms with van der Waals surface area (Å²) in [6, 6.07) is 10.3. The first kappa shape index (κ1) is 19.9. The van der Waals surface area contributed by atoms with Crippen LogP contribution in [0.4, 0.5) is 0 Å². The SMILES string of the molecule is CCC1(C)CC(OC(C)=O)CC(C)(CC)N1OC(C)c1ccccc1.